The van der Waals surface area contributed by atoms with Gasteiger partial charge in [0.1, 0.15) is 0 Å². The first-order valence-electron chi connectivity index (χ1n) is 5.89. The number of hydrogen-bond donors (Lipinski definition) is 1. The van der Waals surface area contributed by atoms with Crippen molar-refractivity contribution < 1.29 is 29.7 Å². The number of hydrogen-bond acceptors (Lipinski definition) is 4. The van der Waals surface area contributed by atoms with Crippen molar-refractivity contribution in [2.75, 3.05) is 11.9 Å². The average Bonchev–Trinajstić information content (AvgIpc) is 2.76. The standard InChI is InChI=1S/C12H12BrClIN3O3/c1-17-12(10(14)7-16-17)9-6-8(15-18(19)20)2-3-11(9)21-5-4-13/h2-3,6-7,18H,4-5H2,1H3/q-2. The molecule has 6 nitrogen and oxygen atoms in total. The van der Waals surface area contributed by atoms with Crippen LogP contribution in [0.5, 0.6) is 5.75 Å². The molecule has 0 saturated carbocycles. The van der Waals surface area contributed by atoms with Crippen LogP contribution >= 0.6 is 27.5 Å². The molecule has 1 heterocycles. The first-order valence-corrected chi connectivity index (χ1v) is 9.55. The predicted octanol–water partition coefficient (Wildman–Crippen LogP) is -1.43. The Hall–Kier alpha value is -0.390. The number of quaternary nitrogens is 1. The Morgan fingerprint density at radius 3 is 2.81 bits per heavy atom. The minimum absolute atomic E-state index is 0.491. The zero-order valence-electron chi connectivity index (χ0n) is 11.0. The van der Waals surface area contributed by atoms with Gasteiger partial charge in [-0.1, -0.05) is 0 Å². The molecular formula is C12H12BrClIN3O3-2. The zero-order chi connectivity index (χ0) is 15.4. The number of nitrogens with one attached hydrogen (secondary N) is 1. The molecule has 0 aliphatic heterocycles. The summed E-state index contributed by atoms with van der Waals surface area (Å²) in [4.78, 5) is 0. The summed E-state index contributed by atoms with van der Waals surface area (Å²) in [5, 5.41) is 26.9. The topological polar surface area (TPSA) is 77.6 Å². The third kappa shape index (κ3) is 4.30. The number of aromatic nitrogens is 2. The molecule has 9 heteroatoms. The Bertz CT molecular complexity index is 604. The quantitative estimate of drug-likeness (QED) is 0.234. The van der Waals surface area contributed by atoms with Gasteiger partial charge in [0, 0.05) is 0 Å². The Labute approximate surface area is 145 Å². The monoisotopic (exact) mass is 487 g/mol. The third-order valence-electron chi connectivity index (χ3n) is 2.61. The summed E-state index contributed by atoms with van der Waals surface area (Å²) in [5.74, 6) is 0.644. The van der Waals surface area contributed by atoms with E-state index in [0.717, 1.165) is 9.13 Å². The van der Waals surface area contributed by atoms with E-state index < -0.39 is 24.9 Å². The molecule has 0 unspecified atom stereocenters. The molecule has 21 heavy (non-hydrogen) atoms. The summed E-state index contributed by atoms with van der Waals surface area (Å²) in [7, 11) is 1.77. The number of ether oxygens (including phenoxy) is 1. The number of benzene rings is 1. The number of rotatable bonds is 6. The normalized spacial score (nSPS) is 11.3. The van der Waals surface area contributed by atoms with E-state index >= 15 is 0 Å². The molecule has 0 amide bonds. The molecule has 0 radical (unpaired) electrons. The zero-order valence-corrected chi connectivity index (χ0v) is 15.5. The van der Waals surface area contributed by atoms with Gasteiger partial charge in [-0.2, -0.15) is 0 Å². The van der Waals surface area contributed by atoms with Gasteiger partial charge in [-0.05, 0) is 0 Å². The van der Waals surface area contributed by atoms with Gasteiger partial charge in [0.15, 0.2) is 0 Å². The van der Waals surface area contributed by atoms with Gasteiger partial charge in [0.05, 0.1) is 0 Å². The molecule has 1 aromatic heterocycles. The molecule has 1 N–H and O–H groups in total. The van der Waals surface area contributed by atoms with Crippen LogP contribution in [0.15, 0.2) is 24.4 Å². The first kappa shape index (κ1) is 17.0. The van der Waals surface area contributed by atoms with Crippen LogP contribution in [0, 0.1) is 14.0 Å². The fraction of sp³-hybridized carbons (Fsp3) is 0.250. The van der Waals surface area contributed by atoms with E-state index in [1.807, 2.05) is 0 Å². The van der Waals surface area contributed by atoms with Gasteiger partial charge in [-0.25, -0.2) is 0 Å². The Morgan fingerprint density at radius 1 is 1.48 bits per heavy atom. The van der Waals surface area contributed by atoms with E-state index in [4.69, 9.17) is 16.3 Å². The van der Waals surface area contributed by atoms with Crippen molar-refractivity contribution in [3.63, 3.8) is 0 Å². The molecule has 0 atom stereocenters. The Kier molecular flexibility index (Phi) is 6.26. The van der Waals surface area contributed by atoms with Gasteiger partial charge in [0.2, 0.25) is 0 Å². The number of halogens is 3. The molecule has 2 rings (SSSR count). The Morgan fingerprint density at radius 2 is 2.24 bits per heavy atom. The van der Waals surface area contributed by atoms with Crippen molar-refractivity contribution >= 4 is 27.5 Å². The molecule has 0 saturated heterocycles. The van der Waals surface area contributed by atoms with Crippen LogP contribution in [0.2, 0.25) is 5.02 Å². The van der Waals surface area contributed by atoms with Gasteiger partial charge >= 0.3 is 146 Å². The molecule has 0 bridgehead atoms. The van der Waals surface area contributed by atoms with E-state index in [-0.39, 0.29) is 0 Å². The fourth-order valence-corrected chi connectivity index (χ4v) is 3.59. The maximum atomic E-state index is 10.8. The van der Waals surface area contributed by atoms with Gasteiger partial charge in [-0.15, -0.1) is 0 Å². The van der Waals surface area contributed by atoms with Gasteiger partial charge < -0.3 is 0 Å². The third-order valence-corrected chi connectivity index (χ3v) is 4.95. The predicted molar refractivity (Wildman–Crippen MR) is 79.3 cm³/mol. The second-order valence-corrected chi connectivity index (χ2v) is 7.84. The van der Waals surface area contributed by atoms with Crippen LogP contribution in [0.25, 0.3) is 11.3 Å². The summed E-state index contributed by atoms with van der Waals surface area (Å²) >= 11 is 8.28. The first-order chi connectivity index (χ1) is 10.0. The molecule has 0 aliphatic carbocycles. The molecule has 0 aliphatic rings. The average molecular weight is 489 g/mol. The summed E-state index contributed by atoms with van der Waals surface area (Å²) < 4.78 is 7.03. The van der Waals surface area contributed by atoms with E-state index in [0.29, 0.717) is 28.4 Å². The second kappa shape index (κ2) is 7.75. The van der Waals surface area contributed by atoms with Gasteiger partial charge in [0.25, 0.3) is 0 Å². The van der Waals surface area contributed by atoms with E-state index in [1.54, 1.807) is 36.1 Å². The van der Waals surface area contributed by atoms with Crippen LogP contribution in [0.3, 0.4) is 0 Å². The van der Waals surface area contributed by atoms with Crippen molar-refractivity contribution in [2.45, 2.75) is 0 Å². The van der Waals surface area contributed by atoms with Crippen LogP contribution in [-0.4, -0.2) is 21.7 Å². The van der Waals surface area contributed by atoms with Crippen molar-refractivity contribution in [3.8, 4) is 17.0 Å². The van der Waals surface area contributed by atoms with E-state index in [9.17, 15) is 10.4 Å². The Balaban J connectivity index is 2.47. The van der Waals surface area contributed by atoms with Crippen LogP contribution < -0.4 is 29.7 Å². The molecule has 1 aromatic carbocycles. The van der Waals surface area contributed by atoms with Crippen LogP contribution in [0.4, 0.5) is 0 Å². The number of nitrogens with zero attached hydrogens (tertiary/aromatic N) is 2. The van der Waals surface area contributed by atoms with Crippen molar-refractivity contribution in [1.29, 1.82) is 0 Å². The van der Waals surface area contributed by atoms with Crippen molar-refractivity contribution in [3.05, 3.63) is 43.4 Å². The molecular weight excluding hydrogens is 476 g/mol. The molecule has 116 valence electrons. The summed E-state index contributed by atoms with van der Waals surface area (Å²) in [5.41, 5.74) is 1.44. The summed E-state index contributed by atoms with van der Waals surface area (Å²) in [6.45, 7) is 0.497. The summed E-state index contributed by atoms with van der Waals surface area (Å²) in [6.07, 6.45) is 1.55. The van der Waals surface area contributed by atoms with Crippen LogP contribution in [0.1, 0.15) is 0 Å². The maximum absolute atomic E-state index is 10.8. The van der Waals surface area contributed by atoms with E-state index in [2.05, 4.69) is 21.0 Å². The SMILES string of the molecule is Cn1ncc(Cl)c1-c1cc([I-][NH+]([O-])[O-])ccc1OCCBr. The molecule has 2 aromatic rings. The molecule has 0 fully saturated rings. The van der Waals surface area contributed by atoms with Crippen LogP contribution in [-0.2, 0) is 7.05 Å². The van der Waals surface area contributed by atoms with E-state index in [1.165, 1.54) is 0 Å². The number of alkyl halides is 1. The summed E-state index contributed by atoms with van der Waals surface area (Å²) in [6, 6.07) is 5.30. The fourth-order valence-electron chi connectivity index (χ4n) is 1.82. The second-order valence-electron chi connectivity index (χ2n) is 3.97. The minimum atomic E-state index is -1.21. The van der Waals surface area contributed by atoms with Crippen molar-refractivity contribution in [1.82, 2.24) is 9.78 Å². The molecule has 0 spiro atoms. The number of aryl methyl sites for hydroxylation is 1. The van der Waals surface area contributed by atoms with Crippen molar-refractivity contribution in [2.24, 2.45) is 7.05 Å². The van der Waals surface area contributed by atoms with Gasteiger partial charge in [-0.3, -0.25) is 0 Å².